The molecule has 0 aromatic rings. The molecular formula is C10H22N2. The van der Waals surface area contributed by atoms with Gasteiger partial charge >= 0.3 is 0 Å². The maximum atomic E-state index is 4.32. The van der Waals surface area contributed by atoms with E-state index in [1.165, 1.54) is 0 Å². The van der Waals surface area contributed by atoms with Crippen LogP contribution in [-0.4, -0.2) is 30.9 Å². The summed E-state index contributed by atoms with van der Waals surface area (Å²) >= 11 is 0. The van der Waals surface area contributed by atoms with E-state index in [1.54, 1.807) is 0 Å². The van der Waals surface area contributed by atoms with Crippen LogP contribution in [0.25, 0.3) is 0 Å². The summed E-state index contributed by atoms with van der Waals surface area (Å²) in [6.07, 6.45) is 0. The second kappa shape index (κ2) is 3.92. The van der Waals surface area contributed by atoms with Gasteiger partial charge in [-0.2, -0.15) is 0 Å². The Morgan fingerprint density at radius 3 is 1.75 bits per heavy atom. The molecule has 0 radical (unpaired) electrons. The molecule has 0 atom stereocenters. The molecule has 0 bridgehead atoms. The summed E-state index contributed by atoms with van der Waals surface area (Å²) in [6, 6.07) is 0.517. The van der Waals surface area contributed by atoms with Crippen molar-refractivity contribution in [2.24, 2.45) is 10.4 Å². The number of nitrogens with zero attached hydrogens (tertiary/aromatic N) is 2. The molecule has 0 unspecified atom stereocenters. The van der Waals surface area contributed by atoms with Crippen molar-refractivity contribution in [2.45, 2.75) is 40.7 Å². The van der Waals surface area contributed by atoms with Gasteiger partial charge in [0.25, 0.3) is 0 Å². The fourth-order valence-corrected chi connectivity index (χ4v) is 1.27. The smallest absolute Gasteiger partial charge is 0.104 e. The molecule has 0 N–H and O–H groups in total. The zero-order valence-corrected chi connectivity index (χ0v) is 9.47. The Bertz CT molecular complexity index is 163. The van der Waals surface area contributed by atoms with Gasteiger partial charge in [-0.05, 0) is 13.8 Å². The second-order valence-corrected chi connectivity index (χ2v) is 4.50. The topological polar surface area (TPSA) is 15.6 Å². The molecule has 0 aromatic heterocycles. The van der Waals surface area contributed by atoms with Crippen molar-refractivity contribution in [3.63, 3.8) is 0 Å². The number of aliphatic imine (C=N–C) groups is 1. The Kier molecular flexibility index (Phi) is 3.75. The summed E-state index contributed by atoms with van der Waals surface area (Å²) in [5.74, 6) is 1.16. The largest absolute Gasteiger partial charge is 0.361 e. The van der Waals surface area contributed by atoms with Gasteiger partial charge < -0.3 is 4.90 Å². The van der Waals surface area contributed by atoms with E-state index in [0.717, 1.165) is 5.84 Å². The average Bonchev–Trinajstić information content (AvgIpc) is 1.85. The van der Waals surface area contributed by atoms with E-state index in [2.05, 4.69) is 51.6 Å². The lowest BCUT2D eigenvalue weighted by Gasteiger charge is -2.33. The Balaban J connectivity index is 4.60. The lowest BCUT2D eigenvalue weighted by molar-refractivity contribution is 0.367. The maximum absolute atomic E-state index is 4.32. The zero-order valence-electron chi connectivity index (χ0n) is 9.47. The van der Waals surface area contributed by atoms with Gasteiger partial charge in [0.1, 0.15) is 5.84 Å². The van der Waals surface area contributed by atoms with Crippen molar-refractivity contribution >= 4 is 5.84 Å². The van der Waals surface area contributed by atoms with Gasteiger partial charge in [-0.1, -0.05) is 20.8 Å². The highest BCUT2D eigenvalue weighted by molar-refractivity contribution is 5.87. The van der Waals surface area contributed by atoms with E-state index in [9.17, 15) is 0 Å². The van der Waals surface area contributed by atoms with E-state index in [-0.39, 0.29) is 5.41 Å². The van der Waals surface area contributed by atoms with Crippen LogP contribution >= 0.6 is 0 Å². The molecule has 0 aromatic carbocycles. The molecule has 0 aliphatic rings. The number of hydrogen-bond donors (Lipinski definition) is 0. The molecule has 0 saturated carbocycles. The minimum absolute atomic E-state index is 0.147. The van der Waals surface area contributed by atoms with Crippen LogP contribution in [0.4, 0.5) is 0 Å². The fourth-order valence-electron chi connectivity index (χ4n) is 1.27. The number of rotatable bonds is 1. The Morgan fingerprint density at radius 1 is 1.25 bits per heavy atom. The molecule has 0 fully saturated rings. The van der Waals surface area contributed by atoms with Crippen LogP contribution < -0.4 is 0 Å². The Hall–Kier alpha value is -0.530. The Morgan fingerprint density at radius 2 is 1.67 bits per heavy atom. The lowest BCUT2D eigenvalue weighted by Crippen LogP contribution is -2.40. The van der Waals surface area contributed by atoms with Crippen molar-refractivity contribution in [1.29, 1.82) is 0 Å². The predicted octanol–water partition coefficient (Wildman–Crippen LogP) is 2.40. The van der Waals surface area contributed by atoms with Crippen LogP contribution in [0, 0.1) is 5.41 Å². The Labute approximate surface area is 76.7 Å². The maximum Gasteiger partial charge on any atom is 0.104 e. The molecule has 0 saturated heterocycles. The number of amidine groups is 1. The minimum Gasteiger partial charge on any atom is -0.361 e. The van der Waals surface area contributed by atoms with Gasteiger partial charge in [-0.15, -0.1) is 0 Å². The van der Waals surface area contributed by atoms with Gasteiger partial charge in [0, 0.05) is 25.6 Å². The first kappa shape index (κ1) is 11.5. The third-order valence-electron chi connectivity index (χ3n) is 1.99. The van der Waals surface area contributed by atoms with Crippen molar-refractivity contribution in [1.82, 2.24) is 4.90 Å². The number of hydrogen-bond acceptors (Lipinski definition) is 1. The molecule has 0 spiro atoms. The normalized spacial score (nSPS) is 13.8. The molecule has 0 rings (SSSR count). The standard InChI is InChI=1S/C10H22N2/c1-8(2)12(7)9(11-6)10(3,4)5/h8H,1-7H3/b11-9-. The van der Waals surface area contributed by atoms with Gasteiger partial charge in [-0.25, -0.2) is 0 Å². The van der Waals surface area contributed by atoms with E-state index in [4.69, 9.17) is 0 Å². The van der Waals surface area contributed by atoms with Gasteiger partial charge in [-0.3, -0.25) is 4.99 Å². The molecule has 0 aliphatic carbocycles. The highest BCUT2D eigenvalue weighted by atomic mass is 15.2. The monoisotopic (exact) mass is 170 g/mol. The molecule has 0 heterocycles. The van der Waals surface area contributed by atoms with Crippen molar-refractivity contribution in [3.8, 4) is 0 Å². The zero-order chi connectivity index (χ0) is 9.94. The van der Waals surface area contributed by atoms with Crippen LogP contribution in [-0.2, 0) is 0 Å². The third kappa shape index (κ3) is 2.84. The van der Waals surface area contributed by atoms with E-state index < -0.39 is 0 Å². The van der Waals surface area contributed by atoms with Crippen LogP contribution in [0.2, 0.25) is 0 Å². The quantitative estimate of drug-likeness (QED) is 0.436. The lowest BCUT2D eigenvalue weighted by atomic mass is 9.93. The molecule has 0 amide bonds. The molecule has 0 aliphatic heterocycles. The van der Waals surface area contributed by atoms with Crippen LogP contribution in [0.1, 0.15) is 34.6 Å². The molecular weight excluding hydrogens is 148 g/mol. The summed E-state index contributed by atoms with van der Waals surface area (Å²) in [7, 11) is 3.96. The highest BCUT2D eigenvalue weighted by Gasteiger charge is 2.22. The molecule has 72 valence electrons. The average molecular weight is 170 g/mol. The summed E-state index contributed by atoms with van der Waals surface area (Å²) < 4.78 is 0. The summed E-state index contributed by atoms with van der Waals surface area (Å²) in [6.45, 7) is 10.9. The second-order valence-electron chi connectivity index (χ2n) is 4.50. The van der Waals surface area contributed by atoms with Gasteiger partial charge in [0.15, 0.2) is 0 Å². The predicted molar refractivity (Wildman–Crippen MR) is 55.7 cm³/mol. The van der Waals surface area contributed by atoms with Gasteiger partial charge in [0.2, 0.25) is 0 Å². The van der Waals surface area contributed by atoms with Crippen molar-refractivity contribution in [3.05, 3.63) is 0 Å². The van der Waals surface area contributed by atoms with E-state index in [1.807, 2.05) is 7.05 Å². The molecule has 2 nitrogen and oxygen atoms in total. The van der Waals surface area contributed by atoms with Crippen LogP contribution in [0.5, 0.6) is 0 Å². The third-order valence-corrected chi connectivity index (χ3v) is 1.99. The first-order valence-corrected chi connectivity index (χ1v) is 4.50. The van der Waals surface area contributed by atoms with E-state index in [0.29, 0.717) is 6.04 Å². The van der Waals surface area contributed by atoms with Crippen molar-refractivity contribution in [2.75, 3.05) is 14.1 Å². The first-order valence-electron chi connectivity index (χ1n) is 4.50. The molecule has 12 heavy (non-hydrogen) atoms. The fraction of sp³-hybridized carbons (Fsp3) is 0.900. The SMILES string of the molecule is C/N=C(\N(C)C(C)C)C(C)(C)C. The van der Waals surface area contributed by atoms with E-state index >= 15 is 0 Å². The van der Waals surface area contributed by atoms with Gasteiger partial charge in [0.05, 0.1) is 0 Å². The highest BCUT2D eigenvalue weighted by Crippen LogP contribution is 2.19. The summed E-state index contributed by atoms with van der Waals surface area (Å²) in [5.41, 5.74) is 0.147. The summed E-state index contributed by atoms with van der Waals surface area (Å²) in [5, 5.41) is 0. The minimum atomic E-state index is 0.147. The van der Waals surface area contributed by atoms with Crippen LogP contribution in [0.3, 0.4) is 0 Å². The summed E-state index contributed by atoms with van der Waals surface area (Å²) in [4.78, 5) is 6.55. The van der Waals surface area contributed by atoms with Crippen molar-refractivity contribution < 1.29 is 0 Å². The van der Waals surface area contributed by atoms with Crippen LogP contribution in [0.15, 0.2) is 4.99 Å². The first-order chi connectivity index (χ1) is 5.30. The molecule has 2 heteroatoms.